The van der Waals surface area contributed by atoms with E-state index >= 15 is 0 Å². The maximum Gasteiger partial charge on any atom is 0.490 e. The fraction of sp³-hybridized carbons (Fsp3) is 0.636. The third kappa shape index (κ3) is 11.6. The summed E-state index contributed by atoms with van der Waals surface area (Å²) in [5, 5.41) is 14.2. The van der Waals surface area contributed by atoms with Crippen LogP contribution in [0.15, 0.2) is 24.5 Å². The summed E-state index contributed by atoms with van der Waals surface area (Å²) in [5.74, 6) is -5.09. The van der Waals surface area contributed by atoms with Crippen LogP contribution in [0.5, 0.6) is 0 Å². The average molecular weight is 563 g/mol. The van der Waals surface area contributed by atoms with E-state index in [4.69, 9.17) is 24.5 Å². The van der Waals surface area contributed by atoms with Crippen molar-refractivity contribution >= 4 is 17.8 Å². The highest BCUT2D eigenvalue weighted by atomic mass is 19.4. The molecule has 2 aliphatic rings. The topological polar surface area (TPSA) is 120 Å². The van der Waals surface area contributed by atoms with Gasteiger partial charge >= 0.3 is 24.3 Å². The van der Waals surface area contributed by atoms with Crippen LogP contribution in [0.25, 0.3) is 0 Å². The minimum Gasteiger partial charge on any atom is -0.475 e. The predicted molar refractivity (Wildman–Crippen MR) is 117 cm³/mol. The van der Waals surface area contributed by atoms with Crippen molar-refractivity contribution in [3.8, 4) is 0 Å². The second-order valence-electron chi connectivity index (χ2n) is 8.75. The molecule has 0 radical (unpaired) electrons. The third-order valence-electron chi connectivity index (χ3n) is 5.48. The van der Waals surface area contributed by atoms with Gasteiger partial charge in [-0.25, -0.2) is 9.59 Å². The van der Waals surface area contributed by atoms with Crippen molar-refractivity contribution in [3.05, 3.63) is 30.1 Å². The Bertz CT molecular complexity index is 875. The lowest BCUT2D eigenvalue weighted by atomic mass is 9.82. The number of hydrogen-bond acceptors (Lipinski definition) is 6. The lowest BCUT2D eigenvalue weighted by molar-refractivity contribution is -0.193. The summed E-state index contributed by atoms with van der Waals surface area (Å²) < 4.78 is 81.8. The van der Waals surface area contributed by atoms with Crippen molar-refractivity contribution in [2.75, 3.05) is 40.0 Å². The van der Waals surface area contributed by atoms with Gasteiger partial charge < -0.3 is 24.7 Å². The Labute approximate surface area is 213 Å². The molecule has 9 nitrogen and oxygen atoms in total. The largest absolute Gasteiger partial charge is 0.490 e. The molecule has 16 heteroatoms. The van der Waals surface area contributed by atoms with Gasteiger partial charge in [-0.1, -0.05) is 6.07 Å². The van der Waals surface area contributed by atoms with Crippen LogP contribution in [-0.4, -0.2) is 101 Å². The summed E-state index contributed by atoms with van der Waals surface area (Å²) in [7, 11) is 2.12. The van der Waals surface area contributed by atoms with E-state index in [1.807, 2.05) is 12.3 Å². The van der Waals surface area contributed by atoms with Gasteiger partial charge in [-0.2, -0.15) is 26.3 Å². The van der Waals surface area contributed by atoms with Crippen molar-refractivity contribution in [2.45, 2.75) is 43.8 Å². The minimum absolute atomic E-state index is 0.00214. The smallest absolute Gasteiger partial charge is 0.475 e. The Morgan fingerprint density at radius 1 is 1.13 bits per heavy atom. The van der Waals surface area contributed by atoms with Crippen LogP contribution in [0.1, 0.15) is 24.8 Å². The number of amides is 1. The Kier molecular flexibility index (Phi) is 12.4. The zero-order valence-corrected chi connectivity index (χ0v) is 20.3. The second-order valence-corrected chi connectivity index (χ2v) is 8.75. The molecule has 38 heavy (non-hydrogen) atoms. The predicted octanol–water partition coefficient (Wildman–Crippen LogP) is 3.15. The summed E-state index contributed by atoms with van der Waals surface area (Å²) in [6.07, 6.45) is -4.38. The van der Waals surface area contributed by atoms with E-state index in [1.54, 1.807) is 11.1 Å². The normalized spacial score (nSPS) is 18.4. The van der Waals surface area contributed by atoms with E-state index < -0.39 is 31.0 Å². The molecule has 2 saturated heterocycles. The number of carbonyl (C=O) groups excluding carboxylic acids is 1. The maximum atomic E-state index is 12.2. The lowest BCUT2D eigenvalue weighted by Crippen LogP contribution is -2.66. The quantitative estimate of drug-likeness (QED) is 0.507. The number of likely N-dealkylation sites (tertiary alicyclic amines) is 1. The van der Waals surface area contributed by atoms with Crippen molar-refractivity contribution in [1.29, 1.82) is 0 Å². The maximum absolute atomic E-state index is 12.2. The molecule has 1 aromatic heterocycles. The number of aliphatic carboxylic acids is 2. The van der Waals surface area contributed by atoms with Crippen molar-refractivity contribution in [2.24, 2.45) is 5.92 Å². The Balaban J connectivity index is 0.000000426. The molecule has 2 aliphatic heterocycles. The number of halogens is 7. The highest BCUT2D eigenvalue weighted by Crippen LogP contribution is 2.36. The summed E-state index contributed by atoms with van der Waals surface area (Å²) in [6.45, 7) is 3.31. The number of carboxylic acid groups (broad SMARTS) is 2. The first-order chi connectivity index (χ1) is 17.5. The molecule has 216 valence electrons. The summed E-state index contributed by atoms with van der Waals surface area (Å²) in [5.41, 5.74) is 1.05. The molecule has 1 unspecified atom stereocenters. The van der Waals surface area contributed by atoms with Crippen molar-refractivity contribution < 1.29 is 60.1 Å². The van der Waals surface area contributed by atoms with Crippen molar-refractivity contribution in [3.63, 3.8) is 0 Å². The van der Waals surface area contributed by atoms with Gasteiger partial charge in [0.25, 0.3) is 0 Å². The highest BCUT2D eigenvalue weighted by Gasteiger charge is 2.48. The van der Waals surface area contributed by atoms with E-state index in [0.29, 0.717) is 19.0 Å². The van der Waals surface area contributed by atoms with E-state index in [0.717, 1.165) is 32.5 Å². The van der Waals surface area contributed by atoms with Crippen LogP contribution in [0.2, 0.25) is 0 Å². The van der Waals surface area contributed by atoms with Crippen molar-refractivity contribution in [1.82, 2.24) is 14.8 Å². The Morgan fingerprint density at radius 3 is 2.08 bits per heavy atom. The molecule has 0 aliphatic carbocycles. The molecule has 3 rings (SSSR count). The first kappa shape index (κ1) is 33.0. The zero-order valence-electron chi connectivity index (χ0n) is 20.3. The number of pyridine rings is 1. The van der Waals surface area contributed by atoms with Crippen LogP contribution in [0.4, 0.5) is 30.7 Å². The van der Waals surface area contributed by atoms with Gasteiger partial charge in [0, 0.05) is 25.5 Å². The fourth-order valence-corrected chi connectivity index (χ4v) is 3.68. The molecule has 0 aromatic carbocycles. The SMILES string of the molecule is CN(Cc1cccnc1)CC1CCC2(CN(C(=O)CCF)C2)OC1.O=C(O)C(F)(F)F.O=C(O)C(F)(F)F. The standard InChI is InChI=1S/C18H26FN3O2.2C2HF3O2/c1-21(10-15-3-2-8-20-9-15)11-16-4-6-18(24-12-16)13-22(14-18)17(23)5-7-19;2*3-2(4,5)1(6)7/h2-3,8-9,16H,4-7,10-14H2,1H3;2*(H,6,7). The molecule has 2 fully saturated rings. The Hall–Kier alpha value is -3.01. The van der Waals surface area contributed by atoms with E-state index in [9.17, 15) is 35.5 Å². The van der Waals surface area contributed by atoms with Gasteiger partial charge in [-0.3, -0.25) is 14.2 Å². The number of nitrogens with zero attached hydrogens (tertiary/aromatic N) is 3. The van der Waals surface area contributed by atoms with Gasteiger partial charge in [-0.05, 0) is 37.4 Å². The molecule has 1 atom stereocenters. The molecule has 1 aromatic rings. The number of carbonyl (C=O) groups is 3. The molecule has 3 heterocycles. The zero-order chi connectivity index (χ0) is 29.1. The molecule has 0 saturated carbocycles. The number of ether oxygens (including phenoxy) is 1. The van der Waals surface area contributed by atoms with Gasteiger partial charge in [0.2, 0.25) is 5.91 Å². The highest BCUT2D eigenvalue weighted by molar-refractivity contribution is 5.77. The number of aromatic nitrogens is 1. The van der Waals surface area contributed by atoms with E-state index in [1.165, 1.54) is 5.56 Å². The number of hydrogen-bond donors (Lipinski definition) is 2. The summed E-state index contributed by atoms with van der Waals surface area (Å²) >= 11 is 0. The monoisotopic (exact) mass is 563 g/mol. The first-order valence-corrected chi connectivity index (χ1v) is 11.1. The van der Waals surface area contributed by atoms with Gasteiger partial charge in [0.15, 0.2) is 0 Å². The Morgan fingerprint density at radius 2 is 1.68 bits per heavy atom. The van der Waals surface area contributed by atoms with E-state index in [2.05, 4.69) is 23.0 Å². The molecule has 2 N–H and O–H groups in total. The molecular weight excluding hydrogens is 535 g/mol. The average Bonchev–Trinajstić information content (AvgIpc) is 2.78. The summed E-state index contributed by atoms with van der Waals surface area (Å²) in [4.78, 5) is 37.6. The van der Waals surface area contributed by atoms with Crippen LogP contribution < -0.4 is 0 Å². The second kappa shape index (κ2) is 14.2. The third-order valence-corrected chi connectivity index (χ3v) is 5.48. The van der Waals surface area contributed by atoms with Gasteiger partial charge in [0.1, 0.15) is 5.60 Å². The number of carboxylic acids is 2. The van der Waals surface area contributed by atoms with Crippen LogP contribution >= 0.6 is 0 Å². The number of alkyl halides is 7. The van der Waals surface area contributed by atoms with Crippen LogP contribution in [-0.2, 0) is 25.7 Å². The number of rotatable bonds is 6. The van der Waals surface area contributed by atoms with E-state index in [-0.39, 0.29) is 17.9 Å². The van der Waals surface area contributed by atoms with Gasteiger partial charge in [-0.15, -0.1) is 0 Å². The molecule has 0 bridgehead atoms. The molecule has 1 spiro atoms. The fourth-order valence-electron chi connectivity index (χ4n) is 3.68. The molecular formula is C22H28F7N3O6. The lowest BCUT2D eigenvalue weighted by Gasteiger charge is -2.53. The summed E-state index contributed by atoms with van der Waals surface area (Å²) in [6, 6.07) is 4.05. The minimum atomic E-state index is -5.08. The van der Waals surface area contributed by atoms with Crippen LogP contribution in [0.3, 0.4) is 0 Å². The first-order valence-electron chi connectivity index (χ1n) is 11.1. The van der Waals surface area contributed by atoms with Gasteiger partial charge in [0.05, 0.1) is 32.8 Å². The molecule has 1 amide bonds. The van der Waals surface area contributed by atoms with Crippen LogP contribution in [0, 0.1) is 5.92 Å².